The zero-order chi connectivity index (χ0) is 11.1. The van der Waals surface area contributed by atoms with Gasteiger partial charge >= 0.3 is 0 Å². The van der Waals surface area contributed by atoms with Gasteiger partial charge in [0.1, 0.15) is 0 Å². The van der Waals surface area contributed by atoms with Gasteiger partial charge in [-0.25, -0.2) is 8.78 Å². The van der Waals surface area contributed by atoms with E-state index in [2.05, 4.69) is 0 Å². The van der Waals surface area contributed by atoms with Gasteiger partial charge in [-0.05, 0) is 31.4 Å². The SMILES string of the molecule is CC(=O)c1ccc2c(c1)C(F)(F)CCC2. The summed E-state index contributed by atoms with van der Waals surface area (Å²) < 4.78 is 27.1. The first kappa shape index (κ1) is 10.3. The second-order valence-electron chi connectivity index (χ2n) is 3.99. The van der Waals surface area contributed by atoms with E-state index < -0.39 is 5.92 Å². The largest absolute Gasteiger partial charge is 0.295 e. The number of aryl methyl sites for hydroxylation is 1. The molecule has 0 radical (unpaired) electrons. The number of hydrogen-bond donors (Lipinski definition) is 0. The summed E-state index contributed by atoms with van der Waals surface area (Å²) in [4.78, 5) is 11.1. The van der Waals surface area contributed by atoms with E-state index in [1.165, 1.54) is 13.0 Å². The molecule has 0 atom stereocenters. The quantitative estimate of drug-likeness (QED) is 0.650. The second-order valence-corrected chi connectivity index (χ2v) is 3.99. The van der Waals surface area contributed by atoms with E-state index in [0.29, 0.717) is 24.0 Å². The molecule has 0 aliphatic heterocycles. The van der Waals surface area contributed by atoms with Crippen molar-refractivity contribution in [1.82, 2.24) is 0 Å². The standard InChI is InChI=1S/C12H12F2O/c1-8(15)10-5-4-9-3-2-6-12(13,14)11(9)7-10/h4-5,7H,2-3,6H2,1H3. The molecule has 3 heteroatoms. The Hall–Kier alpha value is -1.25. The zero-order valence-electron chi connectivity index (χ0n) is 8.52. The maximum atomic E-state index is 13.5. The van der Waals surface area contributed by atoms with Crippen LogP contribution in [0, 0.1) is 0 Å². The van der Waals surface area contributed by atoms with Crippen LogP contribution < -0.4 is 0 Å². The number of carbonyl (C=O) groups is 1. The van der Waals surface area contributed by atoms with Gasteiger partial charge in [-0.15, -0.1) is 0 Å². The molecule has 0 N–H and O–H groups in total. The van der Waals surface area contributed by atoms with Crippen LogP contribution >= 0.6 is 0 Å². The summed E-state index contributed by atoms with van der Waals surface area (Å²) in [6.07, 6.45) is 1.09. The van der Waals surface area contributed by atoms with E-state index in [4.69, 9.17) is 0 Å². The highest BCUT2D eigenvalue weighted by atomic mass is 19.3. The van der Waals surface area contributed by atoms with Crippen LogP contribution in [0.25, 0.3) is 0 Å². The molecule has 0 aromatic heterocycles. The molecular formula is C12H12F2O. The summed E-state index contributed by atoms with van der Waals surface area (Å²) in [5, 5.41) is 0. The van der Waals surface area contributed by atoms with Gasteiger partial charge in [0.2, 0.25) is 0 Å². The number of Topliss-reactive ketones (excluding diaryl/α,β-unsaturated/α-hetero) is 1. The Balaban J connectivity index is 2.53. The molecule has 0 fully saturated rings. The van der Waals surface area contributed by atoms with Gasteiger partial charge in [-0.2, -0.15) is 0 Å². The van der Waals surface area contributed by atoms with E-state index in [-0.39, 0.29) is 17.8 Å². The van der Waals surface area contributed by atoms with Crippen molar-refractivity contribution in [1.29, 1.82) is 0 Å². The van der Waals surface area contributed by atoms with Crippen LogP contribution in [0.15, 0.2) is 18.2 Å². The Bertz CT molecular complexity index is 410. The average Bonchev–Trinajstić information content (AvgIpc) is 2.17. The molecule has 1 aromatic rings. The summed E-state index contributed by atoms with van der Waals surface area (Å²) in [5.41, 5.74) is 1.09. The fourth-order valence-corrected chi connectivity index (χ4v) is 1.99. The molecule has 15 heavy (non-hydrogen) atoms. The molecule has 80 valence electrons. The van der Waals surface area contributed by atoms with Crippen molar-refractivity contribution in [2.24, 2.45) is 0 Å². The van der Waals surface area contributed by atoms with Crippen LogP contribution in [0.3, 0.4) is 0 Å². The van der Waals surface area contributed by atoms with Crippen molar-refractivity contribution < 1.29 is 13.6 Å². The predicted octanol–water partition coefficient (Wildman–Crippen LogP) is 3.32. The maximum absolute atomic E-state index is 13.5. The lowest BCUT2D eigenvalue weighted by Gasteiger charge is -2.25. The van der Waals surface area contributed by atoms with Crippen molar-refractivity contribution in [3.05, 3.63) is 34.9 Å². The minimum Gasteiger partial charge on any atom is -0.295 e. The van der Waals surface area contributed by atoms with Crippen LogP contribution in [-0.4, -0.2) is 5.78 Å². The van der Waals surface area contributed by atoms with E-state index in [1.54, 1.807) is 12.1 Å². The Morgan fingerprint density at radius 1 is 1.40 bits per heavy atom. The maximum Gasteiger partial charge on any atom is 0.273 e. The van der Waals surface area contributed by atoms with Gasteiger partial charge in [-0.1, -0.05) is 12.1 Å². The molecule has 0 heterocycles. The van der Waals surface area contributed by atoms with E-state index >= 15 is 0 Å². The summed E-state index contributed by atoms with van der Waals surface area (Å²) >= 11 is 0. The van der Waals surface area contributed by atoms with Crippen LogP contribution in [0.5, 0.6) is 0 Å². The van der Waals surface area contributed by atoms with Gasteiger partial charge in [0.15, 0.2) is 5.78 Å². The van der Waals surface area contributed by atoms with Gasteiger partial charge in [0, 0.05) is 17.5 Å². The molecule has 1 aromatic carbocycles. The number of alkyl halides is 2. The highest BCUT2D eigenvalue weighted by Gasteiger charge is 2.36. The lowest BCUT2D eigenvalue weighted by Crippen LogP contribution is -2.21. The molecule has 2 rings (SSSR count). The number of hydrogen-bond acceptors (Lipinski definition) is 1. The number of halogens is 2. The Morgan fingerprint density at radius 2 is 2.13 bits per heavy atom. The molecule has 1 aliphatic rings. The fourth-order valence-electron chi connectivity index (χ4n) is 1.99. The van der Waals surface area contributed by atoms with E-state index in [1.807, 2.05) is 0 Å². The van der Waals surface area contributed by atoms with Crippen molar-refractivity contribution in [3.8, 4) is 0 Å². The summed E-state index contributed by atoms with van der Waals surface area (Å²) in [6.45, 7) is 1.39. The first-order valence-corrected chi connectivity index (χ1v) is 5.03. The molecule has 0 saturated carbocycles. The minimum absolute atomic E-state index is 0.0430. The molecule has 0 spiro atoms. The molecule has 0 saturated heterocycles. The third kappa shape index (κ3) is 1.78. The van der Waals surface area contributed by atoms with Crippen LogP contribution in [0.1, 0.15) is 41.3 Å². The molecule has 1 aliphatic carbocycles. The monoisotopic (exact) mass is 210 g/mol. The summed E-state index contributed by atoms with van der Waals surface area (Å²) in [6, 6.07) is 4.62. The summed E-state index contributed by atoms with van der Waals surface area (Å²) in [7, 11) is 0. The van der Waals surface area contributed by atoms with Gasteiger partial charge < -0.3 is 0 Å². The topological polar surface area (TPSA) is 17.1 Å². The third-order valence-electron chi connectivity index (χ3n) is 2.85. The van der Waals surface area contributed by atoms with E-state index in [9.17, 15) is 13.6 Å². The zero-order valence-corrected chi connectivity index (χ0v) is 8.52. The van der Waals surface area contributed by atoms with Crippen LogP contribution in [-0.2, 0) is 12.3 Å². The van der Waals surface area contributed by atoms with Gasteiger partial charge in [-0.3, -0.25) is 4.79 Å². The molecule has 0 amide bonds. The Morgan fingerprint density at radius 3 is 2.80 bits per heavy atom. The highest BCUT2D eigenvalue weighted by molar-refractivity contribution is 5.94. The number of ketones is 1. The molecular weight excluding hydrogens is 198 g/mol. The number of rotatable bonds is 1. The van der Waals surface area contributed by atoms with Crippen molar-refractivity contribution in [2.75, 3.05) is 0 Å². The first-order valence-electron chi connectivity index (χ1n) is 5.03. The lowest BCUT2D eigenvalue weighted by atomic mass is 9.87. The van der Waals surface area contributed by atoms with E-state index in [0.717, 1.165) is 0 Å². The Labute approximate surface area is 87.1 Å². The second kappa shape index (κ2) is 3.40. The van der Waals surface area contributed by atoms with Gasteiger partial charge in [0.25, 0.3) is 5.92 Å². The van der Waals surface area contributed by atoms with Crippen molar-refractivity contribution in [3.63, 3.8) is 0 Å². The third-order valence-corrected chi connectivity index (χ3v) is 2.85. The van der Waals surface area contributed by atoms with Crippen LogP contribution in [0.4, 0.5) is 8.78 Å². The van der Waals surface area contributed by atoms with Crippen molar-refractivity contribution >= 4 is 5.78 Å². The first-order chi connectivity index (χ1) is 7.00. The normalized spacial score (nSPS) is 18.3. The molecule has 1 nitrogen and oxygen atoms in total. The fraction of sp³-hybridized carbons (Fsp3) is 0.417. The summed E-state index contributed by atoms with van der Waals surface area (Å²) in [5.74, 6) is -2.93. The van der Waals surface area contributed by atoms with Crippen molar-refractivity contribution in [2.45, 2.75) is 32.1 Å². The smallest absolute Gasteiger partial charge is 0.273 e. The molecule has 0 unspecified atom stereocenters. The number of benzene rings is 1. The average molecular weight is 210 g/mol. The molecule has 0 bridgehead atoms. The van der Waals surface area contributed by atoms with Gasteiger partial charge in [0.05, 0.1) is 0 Å². The minimum atomic E-state index is -2.76. The van der Waals surface area contributed by atoms with Crippen LogP contribution in [0.2, 0.25) is 0 Å². The number of fused-ring (bicyclic) bond motifs is 1. The number of carbonyl (C=O) groups excluding carboxylic acids is 1. The highest BCUT2D eigenvalue weighted by Crippen LogP contribution is 2.40. The predicted molar refractivity (Wildman–Crippen MR) is 53.3 cm³/mol. The lowest BCUT2D eigenvalue weighted by molar-refractivity contribution is -0.0217. The Kier molecular flexibility index (Phi) is 2.33.